The lowest BCUT2D eigenvalue weighted by molar-refractivity contribution is -0.144. The quantitative estimate of drug-likeness (QED) is 0.772. The van der Waals surface area contributed by atoms with Crippen LogP contribution in [0.2, 0.25) is 0 Å². The van der Waals surface area contributed by atoms with Crippen LogP contribution in [0.15, 0.2) is 12.2 Å². The van der Waals surface area contributed by atoms with Gasteiger partial charge < -0.3 is 10.4 Å². The summed E-state index contributed by atoms with van der Waals surface area (Å²) in [6.07, 6.45) is 10.2. The number of rotatable bonds is 4. The number of carboxylic acid groups (broad SMARTS) is 1. The van der Waals surface area contributed by atoms with Crippen molar-refractivity contribution in [3.8, 4) is 0 Å². The van der Waals surface area contributed by atoms with Crippen molar-refractivity contribution in [1.29, 1.82) is 0 Å². The molecule has 1 amide bonds. The predicted octanol–water partition coefficient (Wildman–Crippen LogP) is 3.58. The first-order valence-corrected chi connectivity index (χ1v) is 10.9. The first kappa shape index (κ1) is 19.7. The summed E-state index contributed by atoms with van der Waals surface area (Å²) in [5.74, 6) is 0.383. The Morgan fingerprint density at radius 3 is 2.64 bits per heavy atom. The minimum atomic E-state index is -0.880. The van der Waals surface area contributed by atoms with E-state index >= 15 is 0 Å². The Kier molecular flexibility index (Phi) is 4.71. The molecule has 1 aliphatic heterocycles. The van der Waals surface area contributed by atoms with E-state index in [1.807, 2.05) is 0 Å². The van der Waals surface area contributed by atoms with Crippen molar-refractivity contribution in [3.05, 3.63) is 12.2 Å². The number of carboxylic acids is 1. The molecule has 0 saturated heterocycles. The molecule has 28 heavy (non-hydrogen) atoms. The number of fused-ring (bicyclic) bond motifs is 5. The van der Waals surface area contributed by atoms with Crippen LogP contribution in [0.1, 0.15) is 65.7 Å². The van der Waals surface area contributed by atoms with Crippen molar-refractivity contribution in [2.75, 3.05) is 0 Å². The number of Topliss-reactive ketones (excluding diaryl/α,β-unsaturated/α-hetero) is 1. The van der Waals surface area contributed by atoms with Gasteiger partial charge in [0.2, 0.25) is 5.91 Å². The number of amides is 1. The van der Waals surface area contributed by atoms with E-state index in [4.69, 9.17) is 0 Å². The monoisotopic (exact) mass is 387 g/mol. The van der Waals surface area contributed by atoms with Gasteiger partial charge in [-0.1, -0.05) is 26.8 Å². The fourth-order valence-corrected chi connectivity index (χ4v) is 7.39. The lowest BCUT2D eigenvalue weighted by atomic mass is 9.47. The average Bonchev–Trinajstić information content (AvgIpc) is 2.99. The van der Waals surface area contributed by atoms with E-state index in [9.17, 15) is 19.5 Å². The highest BCUT2D eigenvalue weighted by molar-refractivity contribution is 5.89. The summed E-state index contributed by atoms with van der Waals surface area (Å²) in [6.45, 7) is 6.23. The number of nitrogens with one attached hydrogen (secondary N) is 1. The molecule has 0 aromatic rings. The van der Waals surface area contributed by atoms with Gasteiger partial charge in [-0.05, 0) is 67.8 Å². The molecule has 0 spiro atoms. The number of carbonyl (C=O) groups excluding carboxylic acids is 2. The van der Waals surface area contributed by atoms with E-state index in [2.05, 4.69) is 25.2 Å². The zero-order chi connectivity index (χ0) is 20.3. The molecule has 3 saturated carbocycles. The van der Waals surface area contributed by atoms with Gasteiger partial charge in [-0.15, -0.1) is 0 Å². The fourth-order valence-electron chi connectivity index (χ4n) is 7.39. The van der Waals surface area contributed by atoms with Crippen molar-refractivity contribution in [2.24, 2.45) is 40.4 Å². The molecule has 5 heteroatoms. The third-order valence-corrected chi connectivity index (χ3v) is 9.00. The number of carbonyl (C=O) groups is 3. The summed E-state index contributed by atoms with van der Waals surface area (Å²) in [4.78, 5) is 36.0. The van der Waals surface area contributed by atoms with E-state index in [1.165, 1.54) is 0 Å². The summed E-state index contributed by atoms with van der Waals surface area (Å²) in [6, 6.07) is 0.228. The van der Waals surface area contributed by atoms with Gasteiger partial charge in [0.25, 0.3) is 0 Å². The maximum atomic E-state index is 13.0. The van der Waals surface area contributed by atoms with Gasteiger partial charge in [-0.2, -0.15) is 0 Å². The molecule has 0 radical (unpaired) electrons. The van der Waals surface area contributed by atoms with Crippen LogP contribution in [0.5, 0.6) is 0 Å². The number of ketones is 1. The predicted molar refractivity (Wildman–Crippen MR) is 105 cm³/mol. The summed E-state index contributed by atoms with van der Waals surface area (Å²) >= 11 is 0. The van der Waals surface area contributed by atoms with Crippen LogP contribution in [0, 0.1) is 40.4 Å². The molecule has 8 atom stereocenters. The highest BCUT2D eigenvalue weighted by Gasteiger charge is 2.60. The average molecular weight is 388 g/mol. The Bertz CT molecular complexity index is 730. The van der Waals surface area contributed by atoms with Crippen molar-refractivity contribution >= 4 is 17.7 Å². The molecule has 4 aliphatic rings. The Labute approximate surface area is 167 Å². The van der Waals surface area contributed by atoms with Crippen LogP contribution < -0.4 is 5.32 Å². The normalized spacial score (nSPS) is 45.4. The molecule has 1 unspecified atom stereocenters. The minimum Gasteiger partial charge on any atom is -0.481 e. The van der Waals surface area contributed by atoms with E-state index in [-0.39, 0.29) is 40.9 Å². The second kappa shape index (κ2) is 6.70. The standard InChI is InChI=1S/C23H33NO4/c1-13(21(27)28)12-18(25)17-6-5-15-14-4-7-19-23(3,11-9-20(26)24-19)16(14)8-10-22(15,17)2/h9,11,13-17,19H,4-8,10,12H2,1-3H3,(H,24,26)(H,27,28)/t13?,14-,15-,16-,17+,19+,22-,23+/m0/s1. The maximum Gasteiger partial charge on any atom is 0.306 e. The van der Waals surface area contributed by atoms with Crippen LogP contribution in [-0.4, -0.2) is 28.8 Å². The van der Waals surface area contributed by atoms with Crippen LogP contribution in [0.25, 0.3) is 0 Å². The molecular weight excluding hydrogens is 354 g/mol. The van der Waals surface area contributed by atoms with Crippen molar-refractivity contribution in [1.82, 2.24) is 5.32 Å². The van der Waals surface area contributed by atoms with E-state index in [0.29, 0.717) is 17.8 Å². The molecule has 4 rings (SSSR count). The van der Waals surface area contributed by atoms with E-state index in [1.54, 1.807) is 13.0 Å². The molecule has 1 heterocycles. The third-order valence-electron chi connectivity index (χ3n) is 9.00. The fraction of sp³-hybridized carbons (Fsp3) is 0.783. The Morgan fingerprint density at radius 2 is 1.93 bits per heavy atom. The maximum absolute atomic E-state index is 13.0. The molecular formula is C23H33NO4. The number of hydrogen-bond donors (Lipinski definition) is 2. The highest BCUT2D eigenvalue weighted by Crippen LogP contribution is 2.65. The van der Waals surface area contributed by atoms with Crippen molar-refractivity contribution in [2.45, 2.75) is 71.8 Å². The van der Waals surface area contributed by atoms with Crippen LogP contribution in [0.3, 0.4) is 0 Å². The molecule has 3 aliphatic carbocycles. The molecule has 0 aromatic carbocycles. The topological polar surface area (TPSA) is 83.5 Å². The van der Waals surface area contributed by atoms with Crippen LogP contribution >= 0.6 is 0 Å². The molecule has 2 N–H and O–H groups in total. The zero-order valence-electron chi connectivity index (χ0n) is 17.2. The van der Waals surface area contributed by atoms with E-state index in [0.717, 1.165) is 38.5 Å². The summed E-state index contributed by atoms with van der Waals surface area (Å²) < 4.78 is 0. The van der Waals surface area contributed by atoms with Gasteiger partial charge in [0.1, 0.15) is 5.78 Å². The van der Waals surface area contributed by atoms with Gasteiger partial charge >= 0.3 is 5.97 Å². The second-order valence-corrected chi connectivity index (χ2v) is 10.3. The first-order chi connectivity index (χ1) is 13.2. The summed E-state index contributed by atoms with van der Waals surface area (Å²) in [5.41, 5.74) is 0.0133. The smallest absolute Gasteiger partial charge is 0.306 e. The van der Waals surface area contributed by atoms with Crippen molar-refractivity contribution in [3.63, 3.8) is 0 Å². The minimum absolute atomic E-state index is 0.00129. The molecule has 5 nitrogen and oxygen atoms in total. The summed E-state index contributed by atoms with van der Waals surface area (Å²) in [5, 5.41) is 12.4. The van der Waals surface area contributed by atoms with Gasteiger partial charge in [0, 0.05) is 23.8 Å². The Morgan fingerprint density at radius 1 is 1.18 bits per heavy atom. The van der Waals surface area contributed by atoms with E-state index < -0.39 is 11.9 Å². The largest absolute Gasteiger partial charge is 0.481 e. The lowest BCUT2D eigenvalue weighted by Crippen LogP contribution is -2.59. The Balaban J connectivity index is 1.55. The molecule has 154 valence electrons. The lowest BCUT2D eigenvalue weighted by Gasteiger charge is -2.58. The molecule has 0 aromatic heterocycles. The third kappa shape index (κ3) is 2.84. The van der Waals surface area contributed by atoms with Gasteiger partial charge in [0.05, 0.1) is 5.92 Å². The molecule has 0 bridgehead atoms. The molecule has 3 fully saturated rings. The zero-order valence-corrected chi connectivity index (χ0v) is 17.2. The summed E-state index contributed by atoms with van der Waals surface area (Å²) in [7, 11) is 0. The van der Waals surface area contributed by atoms with Gasteiger partial charge in [-0.25, -0.2) is 0 Å². The van der Waals surface area contributed by atoms with Gasteiger partial charge in [-0.3, -0.25) is 14.4 Å². The second-order valence-electron chi connectivity index (χ2n) is 10.3. The van der Waals surface area contributed by atoms with Gasteiger partial charge in [0.15, 0.2) is 0 Å². The van der Waals surface area contributed by atoms with Crippen LogP contribution in [-0.2, 0) is 14.4 Å². The van der Waals surface area contributed by atoms with Crippen molar-refractivity contribution < 1.29 is 19.5 Å². The van der Waals surface area contributed by atoms with Crippen LogP contribution in [0.4, 0.5) is 0 Å². The SMILES string of the molecule is CC(CC(=O)[C@H]1CC[C@H]2[C@@H]3CC[C@H]4NC(=O)C=C[C@]4(C)[C@H]3CC[C@]12C)C(=O)O. The first-order valence-electron chi connectivity index (χ1n) is 10.9. The number of hydrogen-bond acceptors (Lipinski definition) is 3. The highest BCUT2D eigenvalue weighted by atomic mass is 16.4. The number of aliphatic carboxylic acids is 1. The Hall–Kier alpha value is -1.65.